The molecule has 0 saturated carbocycles. The van der Waals surface area contributed by atoms with Crippen LogP contribution in [0.3, 0.4) is 0 Å². The van der Waals surface area contributed by atoms with Crippen LogP contribution in [0.5, 0.6) is 11.8 Å². The second-order valence-corrected chi connectivity index (χ2v) is 9.38. The average molecular weight is 497 g/mol. The molecule has 10 heteroatoms. The van der Waals surface area contributed by atoms with E-state index < -0.39 is 0 Å². The summed E-state index contributed by atoms with van der Waals surface area (Å²) >= 11 is 0. The molecule has 37 heavy (non-hydrogen) atoms. The highest BCUT2D eigenvalue weighted by Gasteiger charge is 2.35. The molecule has 0 spiro atoms. The Hall–Kier alpha value is -4.47. The number of unbranched alkanes of at least 4 members (excludes halogenated alkanes) is 1. The van der Waals surface area contributed by atoms with Crippen molar-refractivity contribution < 1.29 is 10.2 Å². The van der Waals surface area contributed by atoms with Gasteiger partial charge in [0.15, 0.2) is 17.6 Å². The fraction of sp³-hybridized carbons (Fsp3) is 0.296. The maximum atomic E-state index is 10.4. The smallest absolute Gasteiger partial charge is 0.205 e. The molecule has 2 unspecified atom stereocenters. The van der Waals surface area contributed by atoms with Gasteiger partial charge in [-0.15, -0.1) is 20.4 Å². The minimum Gasteiger partial charge on any atom is -0.494 e. The third-order valence-corrected chi connectivity index (χ3v) is 7.18. The second kappa shape index (κ2) is 9.53. The van der Waals surface area contributed by atoms with Gasteiger partial charge in [-0.05, 0) is 41.2 Å². The lowest BCUT2D eigenvalue weighted by molar-refractivity contribution is 0.296. The van der Waals surface area contributed by atoms with E-state index in [2.05, 4.69) is 72.6 Å². The summed E-state index contributed by atoms with van der Waals surface area (Å²) in [6.45, 7) is 2.16. The van der Waals surface area contributed by atoms with E-state index in [0.717, 1.165) is 60.4 Å². The van der Waals surface area contributed by atoms with Gasteiger partial charge in [0, 0.05) is 24.1 Å². The molecule has 5 aromatic rings. The number of aryl methyl sites for hydroxylation is 1. The van der Waals surface area contributed by atoms with Crippen LogP contribution >= 0.6 is 0 Å². The fourth-order valence-corrected chi connectivity index (χ4v) is 5.38. The Balaban J connectivity index is 1.37. The first-order chi connectivity index (χ1) is 18.2. The maximum Gasteiger partial charge on any atom is 0.205 e. The molecule has 0 aliphatic carbocycles. The van der Waals surface area contributed by atoms with Crippen molar-refractivity contribution in [3.63, 3.8) is 0 Å². The molecule has 1 aliphatic heterocycles. The molecule has 2 atom stereocenters. The molecule has 2 aromatic carbocycles. The van der Waals surface area contributed by atoms with Crippen LogP contribution in [0, 0.1) is 0 Å². The van der Waals surface area contributed by atoms with E-state index in [9.17, 15) is 10.2 Å². The average Bonchev–Trinajstić information content (AvgIpc) is 3.68. The number of benzene rings is 2. The number of rotatable bonds is 7. The molecule has 0 saturated heterocycles. The van der Waals surface area contributed by atoms with Crippen LogP contribution < -0.4 is 0 Å². The molecule has 10 nitrogen and oxygen atoms in total. The van der Waals surface area contributed by atoms with Crippen LogP contribution in [-0.4, -0.2) is 50.2 Å². The van der Waals surface area contributed by atoms with E-state index in [1.165, 1.54) is 22.3 Å². The van der Waals surface area contributed by atoms with Crippen LogP contribution in [-0.2, 0) is 6.42 Å². The van der Waals surface area contributed by atoms with E-state index in [1.807, 2.05) is 18.2 Å². The molecular weight excluding hydrogens is 468 g/mol. The minimum atomic E-state index is -0.282. The lowest BCUT2D eigenvalue weighted by atomic mass is 9.92. The standard InChI is InChI=1S/C27H28N8O2/c1-2-3-8-23-28-31-27-22(35-24(36)15-16-25(35)37)14-13-21(34(23)27)18-11-9-17(10-12-18)19-6-4-5-7-20(19)26-29-32-33-30-26/h4-7,9-12,15-16,21-22,36-37H,2-3,8,13-14H2,1H3,(H,29,30,32,33). The van der Waals surface area contributed by atoms with Crippen LogP contribution in [0.2, 0.25) is 0 Å². The lowest BCUT2D eigenvalue weighted by Gasteiger charge is -2.32. The Morgan fingerprint density at radius 3 is 2.27 bits per heavy atom. The van der Waals surface area contributed by atoms with Gasteiger partial charge in [0.25, 0.3) is 0 Å². The summed E-state index contributed by atoms with van der Waals surface area (Å²) in [6, 6.07) is 19.4. The summed E-state index contributed by atoms with van der Waals surface area (Å²) in [5, 5.41) is 44.5. The van der Waals surface area contributed by atoms with Crippen molar-refractivity contribution in [2.45, 2.75) is 51.1 Å². The summed E-state index contributed by atoms with van der Waals surface area (Å²) in [6.07, 6.45) is 4.44. The largest absolute Gasteiger partial charge is 0.494 e. The molecule has 1 aliphatic rings. The van der Waals surface area contributed by atoms with Crippen molar-refractivity contribution in [3.05, 3.63) is 77.9 Å². The Labute approximate surface area is 213 Å². The molecular formula is C27H28N8O2. The summed E-state index contributed by atoms with van der Waals surface area (Å²) < 4.78 is 3.75. The minimum absolute atomic E-state index is 0.0234. The van der Waals surface area contributed by atoms with Gasteiger partial charge in [-0.25, -0.2) is 0 Å². The molecule has 6 rings (SSSR count). The molecule has 0 fully saturated rings. The van der Waals surface area contributed by atoms with Gasteiger partial charge in [0.2, 0.25) is 5.82 Å². The number of hydrogen-bond acceptors (Lipinski definition) is 7. The topological polar surface area (TPSA) is 131 Å². The monoisotopic (exact) mass is 496 g/mol. The van der Waals surface area contributed by atoms with Gasteiger partial charge < -0.3 is 14.8 Å². The van der Waals surface area contributed by atoms with Crippen LogP contribution in [0.1, 0.15) is 61.9 Å². The number of aromatic hydroxyl groups is 2. The van der Waals surface area contributed by atoms with Gasteiger partial charge in [0.1, 0.15) is 5.82 Å². The molecule has 3 aromatic heterocycles. The zero-order valence-electron chi connectivity index (χ0n) is 20.5. The SMILES string of the molecule is CCCCc1nnc2n1C(c1ccc(-c3ccccc3-c3nn[nH]n3)cc1)CCC2n1c(O)ccc1O. The van der Waals surface area contributed by atoms with Crippen molar-refractivity contribution in [1.29, 1.82) is 0 Å². The summed E-state index contributed by atoms with van der Waals surface area (Å²) in [5.41, 5.74) is 4.18. The maximum absolute atomic E-state index is 10.4. The zero-order valence-corrected chi connectivity index (χ0v) is 20.5. The van der Waals surface area contributed by atoms with Gasteiger partial charge in [-0.3, -0.25) is 4.57 Å². The zero-order chi connectivity index (χ0) is 25.4. The van der Waals surface area contributed by atoms with Crippen LogP contribution in [0.15, 0.2) is 60.7 Å². The molecule has 0 bridgehead atoms. The number of fused-ring (bicyclic) bond motifs is 1. The van der Waals surface area contributed by atoms with E-state index in [-0.39, 0.29) is 23.8 Å². The molecule has 188 valence electrons. The molecule has 4 heterocycles. The van der Waals surface area contributed by atoms with Crippen molar-refractivity contribution in [2.75, 3.05) is 0 Å². The number of tetrazole rings is 1. The highest BCUT2D eigenvalue weighted by atomic mass is 16.3. The van der Waals surface area contributed by atoms with E-state index in [0.29, 0.717) is 5.82 Å². The van der Waals surface area contributed by atoms with Crippen LogP contribution in [0.4, 0.5) is 0 Å². The first kappa shape index (κ1) is 23.0. The van der Waals surface area contributed by atoms with Crippen molar-refractivity contribution in [3.8, 4) is 34.3 Å². The molecule has 0 amide bonds. The number of aromatic nitrogens is 8. The van der Waals surface area contributed by atoms with Gasteiger partial charge in [-0.1, -0.05) is 61.9 Å². The first-order valence-electron chi connectivity index (χ1n) is 12.6. The van der Waals surface area contributed by atoms with E-state index >= 15 is 0 Å². The van der Waals surface area contributed by atoms with Crippen molar-refractivity contribution in [1.82, 2.24) is 40.0 Å². The Morgan fingerprint density at radius 2 is 1.57 bits per heavy atom. The Bertz CT molecular complexity index is 1480. The van der Waals surface area contributed by atoms with E-state index in [4.69, 9.17) is 0 Å². The van der Waals surface area contributed by atoms with Crippen molar-refractivity contribution >= 4 is 0 Å². The van der Waals surface area contributed by atoms with E-state index in [1.54, 1.807) is 0 Å². The number of hydrogen-bond donors (Lipinski definition) is 3. The summed E-state index contributed by atoms with van der Waals surface area (Å²) in [5.74, 6) is 2.30. The second-order valence-electron chi connectivity index (χ2n) is 9.38. The molecule has 3 N–H and O–H groups in total. The normalized spacial score (nSPS) is 17.1. The third kappa shape index (κ3) is 4.04. The summed E-state index contributed by atoms with van der Waals surface area (Å²) in [4.78, 5) is 0. The van der Waals surface area contributed by atoms with Gasteiger partial charge in [0.05, 0.1) is 12.1 Å². The van der Waals surface area contributed by atoms with Gasteiger partial charge in [-0.2, -0.15) is 5.21 Å². The number of nitrogens with zero attached hydrogens (tertiary/aromatic N) is 7. The predicted molar refractivity (Wildman–Crippen MR) is 137 cm³/mol. The Kier molecular flexibility index (Phi) is 5.91. The third-order valence-electron chi connectivity index (χ3n) is 7.18. The van der Waals surface area contributed by atoms with Gasteiger partial charge >= 0.3 is 0 Å². The number of aromatic amines is 1. The lowest BCUT2D eigenvalue weighted by Crippen LogP contribution is -2.27. The fourth-order valence-electron chi connectivity index (χ4n) is 5.38. The highest BCUT2D eigenvalue weighted by Crippen LogP contribution is 2.42. The number of H-pyrrole nitrogens is 1. The first-order valence-corrected chi connectivity index (χ1v) is 12.6. The Morgan fingerprint density at radius 1 is 0.838 bits per heavy atom. The van der Waals surface area contributed by atoms with Crippen LogP contribution in [0.25, 0.3) is 22.5 Å². The summed E-state index contributed by atoms with van der Waals surface area (Å²) in [7, 11) is 0. The highest BCUT2D eigenvalue weighted by molar-refractivity contribution is 5.80. The van der Waals surface area contributed by atoms with Crippen molar-refractivity contribution in [2.24, 2.45) is 0 Å². The predicted octanol–water partition coefficient (Wildman–Crippen LogP) is 4.65. The quantitative estimate of drug-likeness (QED) is 0.299. The number of nitrogens with one attached hydrogen (secondary N) is 1. The molecule has 0 radical (unpaired) electrons.